The zero-order valence-corrected chi connectivity index (χ0v) is 9.14. The molecule has 5 nitrogen and oxygen atoms in total. The monoisotopic (exact) mass is 328 g/mol. The molecular weight excluding hydrogens is 325 g/mol. The lowest BCUT2D eigenvalue weighted by Gasteiger charge is -2.03. The first-order valence-corrected chi connectivity index (χ1v) is 4.63. The van der Waals surface area contributed by atoms with Crippen LogP contribution in [0.5, 0.6) is 0 Å². The van der Waals surface area contributed by atoms with E-state index in [2.05, 4.69) is 4.98 Å². The minimum absolute atomic E-state index is 0.165. The summed E-state index contributed by atoms with van der Waals surface area (Å²) >= 11 is 1.45. The SMILES string of the molecule is O=Cc1c(C(F)F)cnc([N+](=O)[O-])c1I. The first-order valence-electron chi connectivity index (χ1n) is 3.55. The molecule has 0 saturated heterocycles. The minimum Gasteiger partial charge on any atom is -0.358 e. The molecule has 8 heteroatoms. The Kier molecular flexibility index (Phi) is 3.61. The van der Waals surface area contributed by atoms with Gasteiger partial charge in [-0.2, -0.15) is 0 Å². The van der Waals surface area contributed by atoms with Crippen LogP contribution in [-0.2, 0) is 0 Å². The van der Waals surface area contributed by atoms with Gasteiger partial charge in [-0.05, 0) is 32.5 Å². The lowest BCUT2D eigenvalue weighted by Crippen LogP contribution is -2.03. The molecule has 0 N–H and O–H groups in total. The number of hydrogen-bond donors (Lipinski definition) is 0. The van der Waals surface area contributed by atoms with Crippen LogP contribution in [0.2, 0.25) is 0 Å². The smallest absolute Gasteiger partial charge is 0.358 e. The van der Waals surface area contributed by atoms with E-state index in [1.165, 1.54) is 22.6 Å². The Morgan fingerprint density at radius 3 is 2.60 bits per heavy atom. The molecule has 0 saturated carbocycles. The predicted octanol–water partition coefficient (Wildman–Crippen LogP) is 2.34. The van der Waals surface area contributed by atoms with Gasteiger partial charge in [0.05, 0.1) is 5.56 Å². The molecule has 0 aliphatic carbocycles. The van der Waals surface area contributed by atoms with Crippen LogP contribution in [-0.4, -0.2) is 16.2 Å². The van der Waals surface area contributed by atoms with Gasteiger partial charge in [0.1, 0.15) is 9.77 Å². The third kappa shape index (κ3) is 2.25. The van der Waals surface area contributed by atoms with Crippen molar-refractivity contribution in [2.75, 3.05) is 0 Å². The molecule has 0 unspecified atom stereocenters. The molecule has 1 rings (SSSR count). The van der Waals surface area contributed by atoms with Crippen molar-refractivity contribution in [2.45, 2.75) is 6.43 Å². The van der Waals surface area contributed by atoms with Crippen molar-refractivity contribution in [3.63, 3.8) is 0 Å². The number of alkyl halides is 2. The zero-order valence-electron chi connectivity index (χ0n) is 6.99. The highest BCUT2D eigenvalue weighted by atomic mass is 127. The molecule has 0 bridgehead atoms. The second-order valence-corrected chi connectivity index (χ2v) is 3.52. The first kappa shape index (κ1) is 11.9. The Balaban J connectivity index is 3.45. The second-order valence-electron chi connectivity index (χ2n) is 2.44. The normalized spacial score (nSPS) is 10.4. The van der Waals surface area contributed by atoms with Gasteiger partial charge < -0.3 is 10.1 Å². The van der Waals surface area contributed by atoms with Crippen LogP contribution in [0.25, 0.3) is 0 Å². The van der Waals surface area contributed by atoms with Crippen molar-refractivity contribution in [1.82, 2.24) is 4.98 Å². The molecule has 0 fully saturated rings. The summed E-state index contributed by atoms with van der Waals surface area (Å²) in [6, 6.07) is 0. The van der Waals surface area contributed by atoms with Crippen LogP contribution in [0, 0.1) is 13.7 Å². The van der Waals surface area contributed by atoms with Gasteiger partial charge in [0.25, 0.3) is 6.43 Å². The number of aromatic nitrogens is 1. The summed E-state index contributed by atoms with van der Waals surface area (Å²) in [7, 11) is 0. The molecular formula is C7H3F2IN2O3. The van der Waals surface area contributed by atoms with Crippen molar-refractivity contribution < 1.29 is 18.5 Å². The first-order chi connectivity index (χ1) is 6.99. The molecule has 0 aliphatic heterocycles. The highest BCUT2D eigenvalue weighted by Gasteiger charge is 2.24. The quantitative estimate of drug-likeness (QED) is 0.369. The van der Waals surface area contributed by atoms with Gasteiger partial charge >= 0.3 is 5.82 Å². The Morgan fingerprint density at radius 2 is 2.20 bits per heavy atom. The Morgan fingerprint density at radius 1 is 1.60 bits per heavy atom. The fourth-order valence-electron chi connectivity index (χ4n) is 0.925. The fourth-order valence-corrected chi connectivity index (χ4v) is 1.70. The lowest BCUT2D eigenvalue weighted by atomic mass is 10.1. The number of nitrogens with zero attached hydrogens (tertiary/aromatic N) is 2. The number of halogens is 3. The molecule has 80 valence electrons. The van der Waals surface area contributed by atoms with Crippen molar-refractivity contribution in [3.05, 3.63) is 31.0 Å². The highest BCUT2D eigenvalue weighted by molar-refractivity contribution is 14.1. The molecule has 0 spiro atoms. The van der Waals surface area contributed by atoms with E-state index in [4.69, 9.17) is 0 Å². The average molecular weight is 328 g/mol. The van der Waals surface area contributed by atoms with Crippen molar-refractivity contribution in [3.8, 4) is 0 Å². The van der Waals surface area contributed by atoms with Crippen LogP contribution < -0.4 is 0 Å². The highest BCUT2D eigenvalue weighted by Crippen LogP contribution is 2.29. The topological polar surface area (TPSA) is 73.1 Å². The largest absolute Gasteiger partial charge is 0.377 e. The number of carbonyl (C=O) groups is 1. The van der Waals surface area contributed by atoms with E-state index in [-0.39, 0.29) is 15.4 Å². The Bertz CT molecular complexity index is 425. The maximum atomic E-state index is 12.4. The molecule has 0 atom stereocenters. The van der Waals surface area contributed by atoms with Crippen molar-refractivity contribution in [1.29, 1.82) is 0 Å². The Hall–Kier alpha value is -1.19. The number of rotatable bonds is 3. The standard InChI is InChI=1S/C7H3F2IN2O3/c8-6(9)3-1-11-7(12(14)15)5(10)4(3)2-13/h1-2,6H. The van der Waals surface area contributed by atoms with Gasteiger partial charge in [-0.1, -0.05) is 0 Å². The molecule has 15 heavy (non-hydrogen) atoms. The third-order valence-electron chi connectivity index (χ3n) is 1.60. The third-order valence-corrected chi connectivity index (χ3v) is 2.66. The number of carbonyl (C=O) groups excluding carboxylic acids is 1. The van der Waals surface area contributed by atoms with Crippen molar-refractivity contribution in [2.24, 2.45) is 0 Å². The van der Waals surface area contributed by atoms with E-state index in [9.17, 15) is 23.7 Å². The van der Waals surface area contributed by atoms with Gasteiger partial charge in [0.15, 0.2) is 6.29 Å². The van der Waals surface area contributed by atoms with Crippen LogP contribution in [0.1, 0.15) is 22.3 Å². The summed E-state index contributed by atoms with van der Waals surface area (Å²) in [6.45, 7) is 0. The molecule has 0 radical (unpaired) electrons. The maximum absolute atomic E-state index is 12.4. The van der Waals surface area contributed by atoms with Gasteiger partial charge in [0, 0.05) is 5.56 Å². The summed E-state index contributed by atoms with van der Waals surface area (Å²) in [6.07, 6.45) is -2.07. The molecule has 1 aromatic heterocycles. The van der Waals surface area contributed by atoms with Crippen LogP contribution in [0.15, 0.2) is 6.20 Å². The number of hydrogen-bond acceptors (Lipinski definition) is 4. The fraction of sp³-hybridized carbons (Fsp3) is 0.143. The summed E-state index contributed by atoms with van der Waals surface area (Å²) in [5.41, 5.74) is -0.979. The minimum atomic E-state index is -2.88. The van der Waals surface area contributed by atoms with Crippen LogP contribution in [0.4, 0.5) is 14.6 Å². The summed E-state index contributed by atoms with van der Waals surface area (Å²) < 4.78 is 24.5. The van der Waals surface area contributed by atoms with E-state index in [0.29, 0.717) is 6.20 Å². The van der Waals surface area contributed by atoms with Crippen molar-refractivity contribution >= 4 is 34.7 Å². The van der Waals surface area contributed by atoms with Crippen LogP contribution >= 0.6 is 22.6 Å². The van der Waals surface area contributed by atoms with E-state index >= 15 is 0 Å². The van der Waals surface area contributed by atoms with E-state index in [1.807, 2.05) is 0 Å². The number of aldehydes is 1. The number of nitro groups is 1. The maximum Gasteiger partial charge on any atom is 0.377 e. The van der Waals surface area contributed by atoms with E-state index in [0.717, 1.165) is 0 Å². The van der Waals surface area contributed by atoms with Gasteiger partial charge in [-0.25, -0.2) is 8.78 Å². The second kappa shape index (κ2) is 4.55. The van der Waals surface area contributed by atoms with Gasteiger partial charge in [-0.3, -0.25) is 4.79 Å². The number of pyridine rings is 1. The van der Waals surface area contributed by atoms with Crippen LogP contribution in [0.3, 0.4) is 0 Å². The average Bonchev–Trinajstić information content (AvgIpc) is 2.16. The molecule has 1 aromatic rings. The molecule has 1 heterocycles. The molecule has 0 aromatic carbocycles. The predicted molar refractivity (Wildman–Crippen MR) is 54.0 cm³/mol. The molecule has 0 aliphatic rings. The van der Waals surface area contributed by atoms with E-state index < -0.39 is 22.7 Å². The Labute approximate surface area is 95.8 Å². The lowest BCUT2D eigenvalue weighted by molar-refractivity contribution is -0.390. The summed E-state index contributed by atoms with van der Waals surface area (Å²) in [5.74, 6) is -0.595. The van der Waals surface area contributed by atoms with Gasteiger partial charge in [-0.15, -0.1) is 0 Å². The van der Waals surface area contributed by atoms with Gasteiger partial charge in [0.2, 0.25) is 0 Å². The zero-order chi connectivity index (χ0) is 11.6. The molecule has 0 amide bonds. The van der Waals surface area contributed by atoms with E-state index in [1.54, 1.807) is 0 Å². The summed E-state index contributed by atoms with van der Waals surface area (Å²) in [4.78, 5) is 23.4. The summed E-state index contributed by atoms with van der Waals surface area (Å²) in [5, 5.41) is 10.4.